The molecular weight excluding hydrogens is 358 g/mol. The van der Waals surface area contributed by atoms with Crippen molar-refractivity contribution in [3.8, 4) is 0 Å². The van der Waals surface area contributed by atoms with E-state index in [-0.39, 0.29) is 41.7 Å². The summed E-state index contributed by atoms with van der Waals surface area (Å²) in [4.78, 5) is 36.3. The van der Waals surface area contributed by atoms with E-state index in [0.717, 1.165) is 5.01 Å². The summed E-state index contributed by atoms with van der Waals surface area (Å²) < 4.78 is 23.3. The van der Waals surface area contributed by atoms with E-state index in [1.807, 2.05) is 0 Å². The van der Waals surface area contributed by atoms with Gasteiger partial charge in [-0.25, -0.2) is 13.4 Å². The number of carbonyl (C=O) groups is 3. The fourth-order valence-corrected chi connectivity index (χ4v) is 4.77. The van der Waals surface area contributed by atoms with Crippen LogP contribution in [0.4, 0.5) is 5.69 Å². The molecule has 0 radical (unpaired) electrons. The van der Waals surface area contributed by atoms with Crippen molar-refractivity contribution >= 4 is 38.8 Å². The van der Waals surface area contributed by atoms with Crippen LogP contribution in [0.2, 0.25) is 0 Å². The van der Waals surface area contributed by atoms with Gasteiger partial charge in [0.25, 0.3) is 5.91 Å². The molecule has 1 fully saturated rings. The Balaban J connectivity index is 1.80. The number of ketones is 1. The minimum absolute atomic E-state index is 0.0183. The first-order chi connectivity index (χ1) is 12.3. The average Bonchev–Trinajstić information content (AvgIpc) is 2.95. The molecule has 0 bridgehead atoms. The van der Waals surface area contributed by atoms with Gasteiger partial charge >= 0.3 is 0 Å². The number of para-hydroxylation sites is 1. The zero-order valence-corrected chi connectivity index (χ0v) is 15.1. The highest BCUT2D eigenvalue weighted by molar-refractivity contribution is 7.91. The quantitative estimate of drug-likeness (QED) is 0.786. The fourth-order valence-electron chi connectivity index (χ4n) is 3.08. The highest BCUT2D eigenvalue weighted by Gasteiger charge is 2.37. The normalized spacial score (nSPS) is 22.0. The smallest absolute Gasteiger partial charge is 0.271 e. The monoisotopic (exact) mass is 377 g/mol. The minimum atomic E-state index is -3.17. The van der Waals surface area contributed by atoms with Crippen LogP contribution in [0.15, 0.2) is 29.4 Å². The molecule has 1 aromatic rings. The highest BCUT2D eigenvalue weighted by Crippen LogP contribution is 2.23. The lowest BCUT2D eigenvalue weighted by atomic mass is 10.1. The maximum Gasteiger partial charge on any atom is 0.271 e. The molecule has 9 heteroatoms. The molecule has 0 saturated carbocycles. The Morgan fingerprint density at radius 3 is 2.62 bits per heavy atom. The SMILES string of the molecule is CC(=O)c1ccccc1NC(=O)C1=NN(C2CCS(=O)(=O)C2)C(=O)CC1. The number of nitrogens with one attached hydrogen (secondary N) is 1. The summed E-state index contributed by atoms with van der Waals surface area (Å²) >= 11 is 0. The second-order valence-corrected chi connectivity index (χ2v) is 8.63. The van der Waals surface area contributed by atoms with Crippen molar-refractivity contribution in [3.63, 3.8) is 0 Å². The predicted molar refractivity (Wildman–Crippen MR) is 95.7 cm³/mol. The second kappa shape index (κ2) is 6.99. The summed E-state index contributed by atoms with van der Waals surface area (Å²) in [6, 6.07) is 6.10. The Hall–Kier alpha value is -2.55. The Bertz CT molecular complexity index is 907. The number of nitrogens with zero attached hydrogens (tertiary/aromatic N) is 2. The average molecular weight is 377 g/mol. The molecule has 1 N–H and O–H groups in total. The molecular formula is C17H19N3O5S. The molecule has 138 valence electrons. The van der Waals surface area contributed by atoms with Crippen LogP contribution < -0.4 is 5.32 Å². The van der Waals surface area contributed by atoms with Crippen molar-refractivity contribution in [2.45, 2.75) is 32.2 Å². The molecule has 1 aromatic carbocycles. The van der Waals surface area contributed by atoms with E-state index in [1.54, 1.807) is 24.3 Å². The summed E-state index contributed by atoms with van der Waals surface area (Å²) in [5.74, 6) is -1.08. The maximum atomic E-state index is 12.5. The van der Waals surface area contributed by atoms with Crippen LogP contribution in [0, 0.1) is 0 Å². The molecule has 1 saturated heterocycles. The zero-order valence-electron chi connectivity index (χ0n) is 14.3. The third-order valence-electron chi connectivity index (χ3n) is 4.43. The van der Waals surface area contributed by atoms with E-state index in [1.165, 1.54) is 6.92 Å². The van der Waals surface area contributed by atoms with E-state index < -0.39 is 21.8 Å². The van der Waals surface area contributed by atoms with Gasteiger partial charge in [0.15, 0.2) is 15.6 Å². The van der Waals surface area contributed by atoms with Gasteiger partial charge in [-0.1, -0.05) is 12.1 Å². The summed E-state index contributed by atoms with van der Waals surface area (Å²) in [6.45, 7) is 1.41. The molecule has 2 heterocycles. The van der Waals surface area contributed by atoms with E-state index in [9.17, 15) is 22.8 Å². The van der Waals surface area contributed by atoms with Crippen LogP contribution in [0.25, 0.3) is 0 Å². The molecule has 2 amide bonds. The van der Waals surface area contributed by atoms with Gasteiger partial charge in [0.05, 0.1) is 23.2 Å². The molecule has 0 spiro atoms. The maximum absolute atomic E-state index is 12.5. The van der Waals surface area contributed by atoms with Gasteiger partial charge < -0.3 is 5.32 Å². The van der Waals surface area contributed by atoms with Gasteiger partial charge in [-0.15, -0.1) is 0 Å². The lowest BCUT2D eigenvalue weighted by Crippen LogP contribution is -2.42. The second-order valence-electron chi connectivity index (χ2n) is 6.40. The number of rotatable bonds is 4. The standard InChI is InChI=1S/C17H19N3O5S/c1-11(21)13-4-2-3-5-14(13)18-17(23)15-6-7-16(22)20(19-15)12-8-9-26(24,25)10-12/h2-5,12H,6-10H2,1H3,(H,18,23). The summed E-state index contributed by atoms with van der Waals surface area (Å²) in [6.07, 6.45) is 0.583. The van der Waals surface area contributed by atoms with Crippen LogP contribution in [0.3, 0.4) is 0 Å². The van der Waals surface area contributed by atoms with Crippen LogP contribution in [-0.4, -0.2) is 54.3 Å². The number of hydrogen-bond acceptors (Lipinski definition) is 6. The lowest BCUT2D eigenvalue weighted by molar-refractivity contribution is -0.133. The molecule has 2 aliphatic rings. The van der Waals surface area contributed by atoms with Crippen molar-refractivity contribution < 1.29 is 22.8 Å². The van der Waals surface area contributed by atoms with Gasteiger partial charge in [-0.05, 0) is 25.5 Å². The predicted octanol–water partition coefficient (Wildman–Crippen LogP) is 0.993. The number of hydrogen-bond donors (Lipinski definition) is 1. The number of Topliss-reactive ketones (excluding diaryl/α,β-unsaturated/α-hetero) is 1. The zero-order chi connectivity index (χ0) is 18.9. The van der Waals surface area contributed by atoms with E-state index >= 15 is 0 Å². The van der Waals surface area contributed by atoms with Gasteiger partial charge in [0, 0.05) is 18.4 Å². The summed E-state index contributed by atoms with van der Waals surface area (Å²) in [5.41, 5.74) is 0.902. The van der Waals surface area contributed by atoms with Crippen LogP contribution >= 0.6 is 0 Å². The Morgan fingerprint density at radius 2 is 1.96 bits per heavy atom. The Labute approximate surface area is 151 Å². The lowest BCUT2D eigenvalue weighted by Gasteiger charge is -2.27. The first-order valence-electron chi connectivity index (χ1n) is 8.28. The van der Waals surface area contributed by atoms with E-state index in [0.29, 0.717) is 17.7 Å². The first kappa shape index (κ1) is 18.2. The van der Waals surface area contributed by atoms with Crippen molar-refractivity contribution in [1.82, 2.24) is 5.01 Å². The number of sulfone groups is 1. The number of hydrazone groups is 1. The molecule has 26 heavy (non-hydrogen) atoms. The van der Waals surface area contributed by atoms with Gasteiger partial charge in [-0.2, -0.15) is 5.10 Å². The molecule has 2 aliphatic heterocycles. The topological polar surface area (TPSA) is 113 Å². The Morgan fingerprint density at radius 1 is 1.23 bits per heavy atom. The summed E-state index contributed by atoms with van der Waals surface area (Å²) in [5, 5.41) is 7.92. The summed E-state index contributed by atoms with van der Waals surface area (Å²) in [7, 11) is -3.17. The van der Waals surface area contributed by atoms with Crippen LogP contribution in [0.1, 0.15) is 36.5 Å². The Kier molecular flexibility index (Phi) is 4.90. The van der Waals surface area contributed by atoms with Crippen LogP contribution in [-0.2, 0) is 19.4 Å². The van der Waals surface area contributed by atoms with E-state index in [4.69, 9.17) is 0 Å². The third-order valence-corrected chi connectivity index (χ3v) is 6.18. The molecule has 1 atom stereocenters. The van der Waals surface area contributed by atoms with Crippen molar-refractivity contribution in [3.05, 3.63) is 29.8 Å². The minimum Gasteiger partial charge on any atom is -0.320 e. The molecule has 8 nitrogen and oxygen atoms in total. The third kappa shape index (κ3) is 3.82. The van der Waals surface area contributed by atoms with Crippen LogP contribution in [0.5, 0.6) is 0 Å². The van der Waals surface area contributed by atoms with Gasteiger partial charge in [-0.3, -0.25) is 14.4 Å². The molecule has 3 rings (SSSR count). The van der Waals surface area contributed by atoms with E-state index in [2.05, 4.69) is 10.4 Å². The molecule has 0 aliphatic carbocycles. The number of amides is 2. The molecule has 1 unspecified atom stereocenters. The molecule has 0 aromatic heterocycles. The highest BCUT2D eigenvalue weighted by atomic mass is 32.2. The number of carbonyl (C=O) groups excluding carboxylic acids is 3. The van der Waals surface area contributed by atoms with Crippen molar-refractivity contribution in [2.24, 2.45) is 5.10 Å². The number of benzene rings is 1. The first-order valence-corrected chi connectivity index (χ1v) is 10.1. The largest absolute Gasteiger partial charge is 0.320 e. The van der Waals surface area contributed by atoms with Crippen molar-refractivity contribution in [1.29, 1.82) is 0 Å². The fraction of sp³-hybridized carbons (Fsp3) is 0.412. The van der Waals surface area contributed by atoms with Gasteiger partial charge in [0.2, 0.25) is 5.91 Å². The van der Waals surface area contributed by atoms with Gasteiger partial charge in [0.1, 0.15) is 5.71 Å². The number of anilines is 1. The van der Waals surface area contributed by atoms with Crippen molar-refractivity contribution in [2.75, 3.05) is 16.8 Å².